The molecule has 0 fully saturated rings. The van der Waals surface area contributed by atoms with Crippen LogP contribution in [0.3, 0.4) is 0 Å². The van der Waals surface area contributed by atoms with Crippen LogP contribution in [0.25, 0.3) is 22.3 Å². The lowest BCUT2D eigenvalue weighted by Gasteiger charge is -2.26. The molecule has 0 radical (unpaired) electrons. The summed E-state index contributed by atoms with van der Waals surface area (Å²) >= 11 is 0. The number of benzene rings is 1. The van der Waals surface area contributed by atoms with Crippen molar-refractivity contribution in [3.63, 3.8) is 0 Å². The van der Waals surface area contributed by atoms with Gasteiger partial charge in [0, 0.05) is 24.7 Å². The number of aromatic amines is 1. The number of aromatic carboxylic acids is 1. The van der Waals surface area contributed by atoms with Crippen molar-refractivity contribution in [3.05, 3.63) is 42.1 Å². The van der Waals surface area contributed by atoms with Crippen LogP contribution in [0.2, 0.25) is 0 Å². The minimum absolute atomic E-state index is 0.256. The number of carboxylic acids is 1. The van der Waals surface area contributed by atoms with Gasteiger partial charge in [0.05, 0.1) is 22.5 Å². The van der Waals surface area contributed by atoms with Crippen molar-refractivity contribution >= 4 is 22.6 Å². The largest absolute Gasteiger partial charge is 0.478 e. The lowest BCUT2D eigenvalue weighted by atomic mass is 10.1. The third-order valence-electron chi connectivity index (χ3n) is 3.95. The third kappa shape index (κ3) is 2.75. The molecule has 6 nitrogen and oxygen atoms in total. The fourth-order valence-electron chi connectivity index (χ4n) is 2.43. The number of fused-ring (bicyclic) bond motifs is 1. The van der Waals surface area contributed by atoms with Gasteiger partial charge < -0.3 is 10.0 Å². The number of rotatable bonds is 4. The topological polar surface area (TPSA) is 82.1 Å². The average Bonchev–Trinajstić information content (AvgIpc) is 3.06. The highest BCUT2D eigenvalue weighted by Gasteiger charge is 2.16. The van der Waals surface area contributed by atoms with Crippen molar-refractivity contribution in [2.75, 3.05) is 11.9 Å². The Bertz CT molecular complexity index is 856. The van der Waals surface area contributed by atoms with Gasteiger partial charge in [-0.3, -0.25) is 5.10 Å². The molecule has 0 aliphatic carbocycles. The highest BCUT2D eigenvalue weighted by Crippen LogP contribution is 2.32. The van der Waals surface area contributed by atoms with E-state index in [1.165, 1.54) is 0 Å². The van der Waals surface area contributed by atoms with Gasteiger partial charge in [-0.15, -0.1) is 0 Å². The number of H-pyrrole nitrogens is 1. The maximum Gasteiger partial charge on any atom is 0.335 e. The molecule has 118 valence electrons. The highest BCUT2D eigenvalue weighted by atomic mass is 16.4. The Morgan fingerprint density at radius 1 is 1.26 bits per heavy atom. The summed E-state index contributed by atoms with van der Waals surface area (Å²) in [6, 6.07) is 9.08. The summed E-state index contributed by atoms with van der Waals surface area (Å²) in [6.45, 7) is 4.18. The van der Waals surface area contributed by atoms with Crippen molar-refractivity contribution < 1.29 is 9.90 Å². The molecule has 0 atom stereocenters. The Morgan fingerprint density at radius 3 is 2.65 bits per heavy atom. The fraction of sp³-hybridized carbons (Fsp3) is 0.235. The minimum atomic E-state index is -0.941. The zero-order valence-corrected chi connectivity index (χ0v) is 13.2. The van der Waals surface area contributed by atoms with E-state index in [1.807, 2.05) is 19.2 Å². The number of carboxylic acid groups (broad SMARTS) is 1. The van der Waals surface area contributed by atoms with Crippen LogP contribution in [0.5, 0.6) is 0 Å². The van der Waals surface area contributed by atoms with Crippen molar-refractivity contribution in [1.82, 2.24) is 15.2 Å². The van der Waals surface area contributed by atoms with Gasteiger partial charge in [-0.05, 0) is 44.2 Å². The van der Waals surface area contributed by atoms with E-state index >= 15 is 0 Å². The first-order chi connectivity index (χ1) is 11.0. The molecular formula is C17H18N4O2. The number of hydrogen-bond acceptors (Lipinski definition) is 4. The second kappa shape index (κ2) is 5.72. The molecule has 3 rings (SSSR count). The standard InChI is InChI=1S/C17H18N4O2/c1-10(2)21(3)15-9-12-8-11(17(22)23)4-5-13(12)19-16(15)14-6-7-18-20-14/h4-10H,1-3H3,(H,18,20)(H,22,23). The predicted octanol–water partition coefficient (Wildman–Crippen LogP) is 3.17. The van der Waals surface area contributed by atoms with Crippen LogP contribution in [0.4, 0.5) is 5.69 Å². The van der Waals surface area contributed by atoms with E-state index in [2.05, 4.69) is 28.9 Å². The summed E-state index contributed by atoms with van der Waals surface area (Å²) in [6.07, 6.45) is 1.69. The van der Waals surface area contributed by atoms with E-state index in [1.54, 1.807) is 24.4 Å². The molecule has 0 unspecified atom stereocenters. The predicted molar refractivity (Wildman–Crippen MR) is 89.8 cm³/mol. The van der Waals surface area contributed by atoms with Crippen molar-refractivity contribution in [1.29, 1.82) is 0 Å². The lowest BCUT2D eigenvalue weighted by molar-refractivity contribution is 0.0697. The number of nitrogens with zero attached hydrogens (tertiary/aromatic N) is 3. The monoisotopic (exact) mass is 310 g/mol. The Labute approximate surface area is 133 Å². The van der Waals surface area contributed by atoms with Crippen LogP contribution < -0.4 is 4.90 Å². The average molecular weight is 310 g/mol. The number of pyridine rings is 1. The Morgan fingerprint density at radius 2 is 2.04 bits per heavy atom. The lowest BCUT2D eigenvalue weighted by Crippen LogP contribution is -2.26. The van der Waals surface area contributed by atoms with E-state index in [4.69, 9.17) is 4.98 Å². The molecule has 3 aromatic rings. The number of aromatic nitrogens is 3. The highest BCUT2D eigenvalue weighted by molar-refractivity contribution is 5.95. The quantitative estimate of drug-likeness (QED) is 0.773. The Kier molecular flexibility index (Phi) is 3.73. The molecular weight excluding hydrogens is 292 g/mol. The first kappa shape index (κ1) is 15.0. The third-order valence-corrected chi connectivity index (χ3v) is 3.95. The Balaban J connectivity index is 2.26. The van der Waals surface area contributed by atoms with Crippen LogP contribution in [-0.2, 0) is 0 Å². The van der Waals surface area contributed by atoms with Gasteiger partial charge in [-0.25, -0.2) is 9.78 Å². The van der Waals surface area contributed by atoms with Crippen molar-refractivity contribution in [2.45, 2.75) is 19.9 Å². The summed E-state index contributed by atoms with van der Waals surface area (Å²) in [5.74, 6) is -0.941. The van der Waals surface area contributed by atoms with Crippen LogP contribution >= 0.6 is 0 Å². The second-order valence-electron chi connectivity index (χ2n) is 5.74. The molecule has 2 aromatic heterocycles. The van der Waals surface area contributed by atoms with Crippen molar-refractivity contribution in [3.8, 4) is 11.4 Å². The van der Waals surface area contributed by atoms with Crippen LogP contribution in [0.15, 0.2) is 36.5 Å². The molecule has 0 aliphatic rings. The molecule has 0 saturated heterocycles. The van der Waals surface area contributed by atoms with Gasteiger partial charge in [-0.2, -0.15) is 5.10 Å². The number of nitrogens with one attached hydrogen (secondary N) is 1. The normalized spacial score (nSPS) is 11.1. The first-order valence-corrected chi connectivity index (χ1v) is 7.38. The molecule has 0 aliphatic heterocycles. The van der Waals surface area contributed by atoms with Gasteiger partial charge in [-0.1, -0.05) is 0 Å². The molecule has 23 heavy (non-hydrogen) atoms. The van der Waals surface area contributed by atoms with E-state index in [-0.39, 0.29) is 11.6 Å². The molecule has 2 N–H and O–H groups in total. The van der Waals surface area contributed by atoms with Crippen LogP contribution in [-0.4, -0.2) is 39.3 Å². The molecule has 0 bridgehead atoms. The van der Waals surface area contributed by atoms with E-state index < -0.39 is 5.97 Å². The Hall–Kier alpha value is -2.89. The maximum atomic E-state index is 11.2. The van der Waals surface area contributed by atoms with Gasteiger partial charge in [0.1, 0.15) is 5.69 Å². The van der Waals surface area contributed by atoms with Gasteiger partial charge in [0.15, 0.2) is 0 Å². The summed E-state index contributed by atoms with van der Waals surface area (Å²) in [7, 11) is 1.99. The number of anilines is 1. The molecule has 0 spiro atoms. The van der Waals surface area contributed by atoms with E-state index in [0.717, 1.165) is 28.0 Å². The number of hydrogen-bond donors (Lipinski definition) is 2. The summed E-state index contributed by atoms with van der Waals surface area (Å²) in [5, 5.41) is 16.9. The summed E-state index contributed by atoms with van der Waals surface area (Å²) in [4.78, 5) is 18.0. The zero-order valence-electron chi connectivity index (χ0n) is 13.2. The van der Waals surface area contributed by atoms with Crippen LogP contribution in [0, 0.1) is 0 Å². The fourth-order valence-corrected chi connectivity index (χ4v) is 2.43. The molecule has 0 saturated carbocycles. The second-order valence-corrected chi connectivity index (χ2v) is 5.74. The number of carbonyl (C=O) groups is 1. The smallest absolute Gasteiger partial charge is 0.335 e. The van der Waals surface area contributed by atoms with Crippen molar-refractivity contribution in [2.24, 2.45) is 0 Å². The molecule has 2 heterocycles. The maximum absolute atomic E-state index is 11.2. The van der Waals surface area contributed by atoms with Gasteiger partial charge in [0.2, 0.25) is 0 Å². The van der Waals surface area contributed by atoms with E-state index in [9.17, 15) is 9.90 Å². The van der Waals surface area contributed by atoms with E-state index in [0.29, 0.717) is 0 Å². The minimum Gasteiger partial charge on any atom is -0.478 e. The SMILES string of the molecule is CC(C)N(C)c1cc2cc(C(=O)O)ccc2nc1-c1ccn[nH]1. The zero-order chi connectivity index (χ0) is 16.6. The van der Waals surface area contributed by atoms with Crippen LogP contribution in [0.1, 0.15) is 24.2 Å². The molecule has 0 amide bonds. The molecule has 6 heteroatoms. The summed E-state index contributed by atoms with van der Waals surface area (Å²) in [5.41, 5.74) is 3.57. The molecule has 1 aromatic carbocycles. The van der Waals surface area contributed by atoms with Gasteiger partial charge >= 0.3 is 5.97 Å². The first-order valence-electron chi connectivity index (χ1n) is 7.38. The summed E-state index contributed by atoms with van der Waals surface area (Å²) < 4.78 is 0. The van der Waals surface area contributed by atoms with Gasteiger partial charge in [0.25, 0.3) is 0 Å².